The Kier molecular flexibility index (Phi) is 4.63. The summed E-state index contributed by atoms with van der Waals surface area (Å²) in [5, 5.41) is 3.15. The molecule has 2 aromatic rings. The molecule has 1 aromatic carbocycles. The summed E-state index contributed by atoms with van der Waals surface area (Å²) in [6.45, 7) is 1.39. The molecule has 1 aromatic heterocycles. The number of carbonyl (C=O) groups is 1. The molecule has 1 N–H and O–H groups in total. The average Bonchev–Trinajstić information content (AvgIpc) is 3.12. The normalized spacial score (nSPS) is 22.3. The minimum Gasteiger partial charge on any atom is -0.376 e. The molecule has 0 radical (unpaired) electrons. The van der Waals surface area contributed by atoms with E-state index in [0.29, 0.717) is 35.7 Å². The molecule has 2 atom stereocenters. The maximum atomic E-state index is 13.5. The predicted octanol–water partition coefficient (Wildman–Crippen LogP) is 3.26. The van der Waals surface area contributed by atoms with Crippen LogP contribution in [0.15, 0.2) is 24.4 Å². The summed E-state index contributed by atoms with van der Waals surface area (Å²) in [5.74, 6) is -1.23. The summed E-state index contributed by atoms with van der Waals surface area (Å²) in [7, 11) is 0. The fourth-order valence-corrected chi connectivity index (χ4v) is 3.59. The number of fused-ring (bicyclic) bond motifs is 1. The number of carbonyl (C=O) groups excluding carboxylic acids is 1. The molecule has 2 heterocycles. The first kappa shape index (κ1) is 17.0. The number of ether oxygens (including phenoxy) is 1. The smallest absolute Gasteiger partial charge is 0.222 e. The second-order valence-electron chi connectivity index (χ2n) is 6.80. The van der Waals surface area contributed by atoms with Crippen molar-refractivity contribution in [3.05, 3.63) is 52.9 Å². The molecular formula is C19H19F2N3O2. The number of nitrogens with zero attached hydrogens (tertiary/aromatic N) is 2. The van der Waals surface area contributed by atoms with Crippen LogP contribution in [0.4, 0.5) is 14.7 Å². The fraction of sp³-hybridized carbons (Fsp3) is 0.421. The van der Waals surface area contributed by atoms with E-state index in [1.165, 1.54) is 18.3 Å². The van der Waals surface area contributed by atoms with Crippen molar-refractivity contribution in [1.82, 2.24) is 9.97 Å². The number of aromatic nitrogens is 2. The van der Waals surface area contributed by atoms with Gasteiger partial charge in [-0.3, -0.25) is 4.79 Å². The van der Waals surface area contributed by atoms with E-state index in [4.69, 9.17) is 4.74 Å². The third kappa shape index (κ3) is 3.58. The molecule has 1 fully saturated rings. The van der Waals surface area contributed by atoms with Gasteiger partial charge in [-0.2, -0.15) is 0 Å². The Bertz CT molecular complexity index is 817. The van der Waals surface area contributed by atoms with E-state index in [-0.39, 0.29) is 24.2 Å². The van der Waals surface area contributed by atoms with Gasteiger partial charge in [-0.15, -0.1) is 0 Å². The van der Waals surface area contributed by atoms with E-state index in [1.807, 2.05) is 0 Å². The molecule has 136 valence electrons. The standard InChI is InChI=1S/C19H19F2N3O2/c20-13-4-11(5-14(21)8-13)12-6-17-16(18(25)7-12)10-23-19(24-17)22-9-15-2-1-3-26-15/h4-5,8,10,12,15H,1-3,6-7,9H2,(H,22,23,24)/t12-,15+/m0/s1. The summed E-state index contributed by atoms with van der Waals surface area (Å²) in [4.78, 5) is 21.1. The number of nitrogens with one attached hydrogen (secondary N) is 1. The minimum absolute atomic E-state index is 0.105. The Morgan fingerprint density at radius 3 is 2.73 bits per heavy atom. The highest BCUT2D eigenvalue weighted by molar-refractivity contribution is 5.98. The Balaban J connectivity index is 1.53. The third-order valence-corrected chi connectivity index (χ3v) is 4.91. The summed E-state index contributed by atoms with van der Waals surface area (Å²) in [6.07, 6.45) is 4.38. The molecule has 26 heavy (non-hydrogen) atoms. The highest BCUT2D eigenvalue weighted by Gasteiger charge is 2.29. The Morgan fingerprint density at radius 2 is 2.00 bits per heavy atom. The minimum atomic E-state index is -0.639. The van der Waals surface area contributed by atoms with Gasteiger partial charge in [0.2, 0.25) is 5.95 Å². The first-order valence-electron chi connectivity index (χ1n) is 8.79. The second kappa shape index (κ2) is 7.07. The number of rotatable bonds is 4. The lowest BCUT2D eigenvalue weighted by Crippen LogP contribution is -2.23. The number of ketones is 1. The van der Waals surface area contributed by atoms with Crippen molar-refractivity contribution in [1.29, 1.82) is 0 Å². The quantitative estimate of drug-likeness (QED) is 0.908. The number of Topliss-reactive ketones (excluding diaryl/α,β-unsaturated/α-hetero) is 1. The molecule has 0 bridgehead atoms. The van der Waals surface area contributed by atoms with Crippen LogP contribution >= 0.6 is 0 Å². The van der Waals surface area contributed by atoms with Gasteiger partial charge >= 0.3 is 0 Å². The van der Waals surface area contributed by atoms with E-state index >= 15 is 0 Å². The molecule has 7 heteroatoms. The lowest BCUT2D eigenvalue weighted by Gasteiger charge is -2.23. The van der Waals surface area contributed by atoms with Crippen LogP contribution in [0, 0.1) is 11.6 Å². The topological polar surface area (TPSA) is 64.1 Å². The van der Waals surface area contributed by atoms with Crippen LogP contribution in [0.25, 0.3) is 0 Å². The van der Waals surface area contributed by atoms with Gasteiger partial charge in [0.25, 0.3) is 0 Å². The Morgan fingerprint density at radius 1 is 1.19 bits per heavy atom. The van der Waals surface area contributed by atoms with Crippen LogP contribution in [-0.4, -0.2) is 35.0 Å². The summed E-state index contributed by atoms with van der Waals surface area (Å²) >= 11 is 0. The zero-order chi connectivity index (χ0) is 18.1. The van der Waals surface area contributed by atoms with E-state index < -0.39 is 11.6 Å². The number of benzene rings is 1. The van der Waals surface area contributed by atoms with Gasteiger partial charge in [0.1, 0.15) is 11.6 Å². The van der Waals surface area contributed by atoms with Crippen molar-refractivity contribution in [2.24, 2.45) is 0 Å². The van der Waals surface area contributed by atoms with Crippen LogP contribution in [-0.2, 0) is 11.2 Å². The van der Waals surface area contributed by atoms with E-state index in [2.05, 4.69) is 15.3 Å². The summed E-state index contributed by atoms with van der Waals surface area (Å²) in [5.41, 5.74) is 1.58. The SMILES string of the molecule is O=C1C[C@@H](c2cc(F)cc(F)c2)Cc2nc(NC[C@H]3CCCO3)ncc21. The molecular weight excluding hydrogens is 340 g/mol. The van der Waals surface area contributed by atoms with Crippen LogP contribution in [0.1, 0.15) is 46.8 Å². The Hall–Kier alpha value is -2.41. The van der Waals surface area contributed by atoms with Crippen LogP contribution in [0.3, 0.4) is 0 Å². The first-order chi connectivity index (χ1) is 12.6. The molecule has 1 aliphatic heterocycles. The average molecular weight is 359 g/mol. The first-order valence-corrected chi connectivity index (χ1v) is 8.79. The van der Waals surface area contributed by atoms with Gasteiger partial charge in [-0.25, -0.2) is 18.7 Å². The molecule has 4 rings (SSSR count). The van der Waals surface area contributed by atoms with E-state index in [1.54, 1.807) is 0 Å². The second-order valence-corrected chi connectivity index (χ2v) is 6.80. The highest BCUT2D eigenvalue weighted by atomic mass is 19.1. The molecule has 0 saturated carbocycles. The van der Waals surface area contributed by atoms with Crippen LogP contribution < -0.4 is 5.32 Å². The maximum Gasteiger partial charge on any atom is 0.222 e. The molecule has 0 unspecified atom stereocenters. The summed E-state index contributed by atoms with van der Waals surface area (Å²) < 4.78 is 32.6. The fourth-order valence-electron chi connectivity index (χ4n) is 3.59. The largest absolute Gasteiger partial charge is 0.376 e. The predicted molar refractivity (Wildman–Crippen MR) is 91.2 cm³/mol. The van der Waals surface area contributed by atoms with E-state index in [9.17, 15) is 13.6 Å². The third-order valence-electron chi connectivity index (χ3n) is 4.91. The zero-order valence-corrected chi connectivity index (χ0v) is 14.2. The van der Waals surface area contributed by atoms with Gasteiger partial charge in [0.05, 0.1) is 17.4 Å². The molecule has 0 spiro atoms. The molecule has 2 aliphatic rings. The number of halogens is 2. The molecule has 5 nitrogen and oxygen atoms in total. The van der Waals surface area contributed by atoms with E-state index in [0.717, 1.165) is 25.5 Å². The van der Waals surface area contributed by atoms with Gasteiger partial charge in [0, 0.05) is 31.8 Å². The maximum absolute atomic E-state index is 13.5. The Labute approximate surface area is 149 Å². The number of hydrogen-bond donors (Lipinski definition) is 1. The number of hydrogen-bond acceptors (Lipinski definition) is 5. The lowest BCUT2D eigenvalue weighted by molar-refractivity contribution is 0.0962. The molecule has 1 saturated heterocycles. The van der Waals surface area contributed by atoms with Crippen molar-refractivity contribution in [3.8, 4) is 0 Å². The monoisotopic (exact) mass is 359 g/mol. The van der Waals surface area contributed by atoms with Gasteiger partial charge < -0.3 is 10.1 Å². The van der Waals surface area contributed by atoms with Crippen molar-refractivity contribution < 1.29 is 18.3 Å². The van der Waals surface area contributed by atoms with Crippen LogP contribution in [0.2, 0.25) is 0 Å². The lowest BCUT2D eigenvalue weighted by atomic mass is 9.82. The van der Waals surface area contributed by atoms with Gasteiger partial charge in [0.15, 0.2) is 5.78 Å². The van der Waals surface area contributed by atoms with Crippen LogP contribution in [0.5, 0.6) is 0 Å². The summed E-state index contributed by atoms with van der Waals surface area (Å²) in [6, 6.07) is 3.39. The van der Waals surface area contributed by atoms with Gasteiger partial charge in [-0.1, -0.05) is 0 Å². The van der Waals surface area contributed by atoms with Crippen molar-refractivity contribution in [2.75, 3.05) is 18.5 Å². The zero-order valence-electron chi connectivity index (χ0n) is 14.2. The highest BCUT2D eigenvalue weighted by Crippen LogP contribution is 2.32. The number of anilines is 1. The van der Waals surface area contributed by atoms with Crippen molar-refractivity contribution >= 4 is 11.7 Å². The molecule has 1 aliphatic carbocycles. The van der Waals surface area contributed by atoms with Crippen molar-refractivity contribution in [2.45, 2.75) is 37.7 Å². The van der Waals surface area contributed by atoms with Crippen molar-refractivity contribution in [3.63, 3.8) is 0 Å². The van der Waals surface area contributed by atoms with Gasteiger partial charge in [-0.05, 0) is 42.9 Å². The molecule has 0 amide bonds.